The molecule has 96 valence electrons. The third-order valence-electron chi connectivity index (χ3n) is 4.06. The van der Waals surface area contributed by atoms with Crippen molar-refractivity contribution >= 4 is 11.3 Å². The first kappa shape index (κ1) is 11.5. The molecule has 0 radical (unpaired) electrons. The van der Waals surface area contributed by atoms with E-state index in [1.54, 1.807) is 6.20 Å². The summed E-state index contributed by atoms with van der Waals surface area (Å²) in [6.45, 7) is 0.761. The van der Waals surface area contributed by atoms with Crippen molar-refractivity contribution in [3.8, 4) is 0 Å². The fourth-order valence-electron chi connectivity index (χ4n) is 3.07. The highest BCUT2D eigenvalue weighted by Crippen LogP contribution is 2.32. The molecule has 1 saturated carbocycles. The van der Waals surface area contributed by atoms with Gasteiger partial charge in [-0.1, -0.05) is 6.42 Å². The minimum atomic E-state index is 0.503. The van der Waals surface area contributed by atoms with Crippen LogP contribution in [0.3, 0.4) is 0 Å². The lowest BCUT2D eigenvalue weighted by Gasteiger charge is -2.30. The summed E-state index contributed by atoms with van der Waals surface area (Å²) in [5.74, 6) is 1.58. The lowest BCUT2D eigenvalue weighted by atomic mass is 10.0. The molecule has 0 aromatic carbocycles. The van der Waals surface area contributed by atoms with Gasteiger partial charge >= 0.3 is 0 Å². The van der Waals surface area contributed by atoms with E-state index >= 15 is 0 Å². The molecule has 2 unspecified atom stereocenters. The fraction of sp³-hybridized carbons (Fsp3) is 0.538. The quantitative estimate of drug-likeness (QED) is 0.885. The van der Waals surface area contributed by atoms with Crippen molar-refractivity contribution in [1.29, 1.82) is 0 Å². The van der Waals surface area contributed by atoms with Gasteiger partial charge in [-0.2, -0.15) is 5.10 Å². The van der Waals surface area contributed by atoms with E-state index in [9.17, 15) is 0 Å². The van der Waals surface area contributed by atoms with Gasteiger partial charge in [0.05, 0.1) is 6.20 Å². The average Bonchev–Trinajstić information content (AvgIpc) is 3.05. The molecule has 5 nitrogen and oxygen atoms in total. The monoisotopic (exact) mass is 245 g/mol. The van der Waals surface area contributed by atoms with Crippen LogP contribution in [0.2, 0.25) is 0 Å². The Bertz CT molecular complexity index is 535. The first-order valence-electron chi connectivity index (χ1n) is 6.52. The summed E-state index contributed by atoms with van der Waals surface area (Å²) in [5, 5.41) is 4.25. The topological polar surface area (TPSA) is 59.5 Å². The van der Waals surface area contributed by atoms with E-state index in [-0.39, 0.29) is 0 Å². The molecule has 1 fully saturated rings. The van der Waals surface area contributed by atoms with E-state index in [2.05, 4.69) is 22.0 Å². The van der Waals surface area contributed by atoms with Crippen LogP contribution >= 0.6 is 0 Å². The summed E-state index contributed by atoms with van der Waals surface area (Å²) in [6.07, 6.45) is 9.19. The van der Waals surface area contributed by atoms with Crippen LogP contribution < -0.4 is 10.6 Å². The third kappa shape index (κ3) is 1.75. The molecule has 1 aliphatic carbocycles. The van der Waals surface area contributed by atoms with Gasteiger partial charge in [-0.15, -0.1) is 0 Å². The zero-order valence-corrected chi connectivity index (χ0v) is 10.7. The van der Waals surface area contributed by atoms with E-state index < -0.39 is 0 Å². The molecule has 3 rings (SSSR count). The Morgan fingerprint density at radius 3 is 3.17 bits per heavy atom. The normalized spacial score (nSPS) is 23.7. The number of fused-ring (bicyclic) bond motifs is 1. The smallest absolute Gasteiger partial charge is 0.154 e. The van der Waals surface area contributed by atoms with Crippen LogP contribution in [0.25, 0.3) is 5.52 Å². The van der Waals surface area contributed by atoms with Crippen LogP contribution in [0.4, 0.5) is 5.82 Å². The first-order chi connectivity index (χ1) is 8.81. The molecule has 2 heterocycles. The Morgan fingerprint density at radius 2 is 2.33 bits per heavy atom. The van der Waals surface area contributed by atoms with E-state index in [4.69, 9.17) is 5.73 Å². The standard InChI is InChI=1S/C13H19N5/c1-17(11-4-2-3-10(11)9-14)13-12-5-6-16-18(12)8-7-15-13/h5-8,10-11H,2-4,9,14H2,1H3. The van der Waals surface area contributed by atoms with Gasteiger partial charge in [0.1, 0.15) is 5.52 Å². The van der Waals surface area contributed by atoms with Gasteiger partial charge < -0.3 is 10.6 Å². The summed E-state index contributed by atoms with van der Waals surface area (Å²) >= 11 is 0. The zero-order chi connectivity index (χ0) is 12.5. The second kappa shape index (κ2) is 4.57. The summed E-state index contributed by atoms with van der Waals surface area (Å²) in [6, 6.07) is 2.51. The van der Waals surface area contributed by atoms with Gasteiger partial charge in [0.25, 0.3) is 0 Å². The Labute approximate surface area is 107 Å². The zero-order valence-electron chi connectivity index (χ0n) is 10.7. The predicted molar refractivity (Wildman–Crippen MR) is 71.6 cm³/mol. The minimum Gasteiger partial charge on any atom is -0.355 e. The number of aromatic nitrogens is 3. The van der Waals surface area contributed by atoms with Gasteiger partial charge in [-0.3, -0.25) is 0 Å². The molecule has 0 spiro atoms. The van der Waals surface area contributed by atoms with Crippen molar-refractivity contribution in [2.24, 2.45) is 11.7 Å². The second-order valence-corrected chi connectivity index (χ2v) is 5.02. The molecule has 2 aromatic rings. The maximum absolute atomic E-state index is 5.87. The van der Waals surface area contributed by atoms with Crippen molar-refractivity contribution in [2.75, 3.05) is 18.5 Å². The van der Waals surface area contributed by atoms with Crippen LogP contribution in [0.15, 0.2) is 24.7 Å². The largest absolute Gasteiger partial charge is 0.355 e. The third-order valence-corrected chi connectivity index (χ3v) is 4.06. The lowest BCUT2D eigenvalue weighted by Crippen LogP contribution is -2.38. The molecule has 18 heavy (non-hydrogen) atoms. The van der Waals surface area contributed by atoms with Crippen LogP contribution in [0.5, 0.6) is 0 Å². The van der Waals surface area contributed by atoms with Gasteiger partial charge in [0.2, 0.25) is 0 Å². The number of nitrogens with two attached hydrogens (primary N) is 1. The number of anilines is 1. The van der Waals surface area contributed by atoms with Gasteiger partial charge in [0.15, 0.2) is 5.82 Å². The first-order valence-corrected chi connectivity index (χ1v) is 6.52. The van der Waals surface area contributed by atoms with Gasteiger partial charge in [0, 0.05) is 25.5 Å². The van der Waals surface area contributed by atoms with Crippen molar-refractivity contribution in [3.05, 3.63) is 24.7 Å². The Hall–Kier alpha value is -1.62. The molecule has 0 bridgehead atoms. The summed E-state index contributed by atoms with van der Waals surface area (Å²) in [7, 11) is 2.12. The summed E-state index contributed by atoms with van der Waals surface area (Å²) in [4.78, 5) is 6.80. The molecule has 2 N–H and O–H groups in total. The highest BCUT2D eigenvalue weighted by Gasteiger charge is 2.30. The Morgan fingerprint density at radius 1 is 1.44 bits per heavy atom. The highest BCUT2D eigenvalue weighted by atomic mass is 15.3. The van der Waals surface area contributed by atoms with Crippen molar-refractivity contribution in [3.63, 3.8) is 0 Å². The molecule has 1 aliphatic rings. The number of nitrogens with zero attached hydrogens (tertiary/aromatic N) is 4. The van der Waals surface area contributed by atoms with Crippen molar-refractivity contribution < 1.29 is 0 Å². The van der Waals surface area contributed by atoms with Crippen LogP contribution in [0, 0.1) is 5.92 Å². The Kier molecular flexibility index (Phi) is 2.91. The van der Waals surface area contributed by atoms with Crippen LogP contribution in [-0.2, 0) is 0 Å². The summed E-state index contributed by atoms with van der Waals surface area (Å²) in [5.41, 5.74) is 6.93. The molecular formula is C13H19N5. The maximum atomic E-state index is 5.87. The molecule has 5 heteroatoms. The number of rotatable bonds is 3. The highest BCUT2D eigenvalue weighted by molar-refractivity contribution is 5.68. The SMILES string of the molecule is CN(c1nccn2nccc12)C1CCCC1CN. The van der Waals surface area contributed by atoms with E-state index in [1.807, 2.05) is 23.0 Å². The summed E-state index contributed by atoms with van der Waals surface area (Å²) < 4.78 is 1.87. The Balaban J connectivity index is 1.96. The van der Waals surface area contributed by atoms with Crippen molar-refractivity contribution in [1.82, 2.24) is 14.6 Å². The molecule has 2 aromatic heterocycles. The molecule has 2 atom stereocenters. The van der Waals surface area contributed by atoms with E-state index in [0.717, 1.165) is 17.9 Å². The number of hydrogen-bond acceptors (Lipinski definition) is 4. The molecular weight excluding hydrogens is 226 g/mol. The maximum Gasteiger partial charge on any atom is 0.154 e. The number of hydrogen-bond donors (Lipinski definition) is 1. The van der Waals surface area contributed by atoms with Crippen LogP contribution in [0.1, 0.15) is 19.3 Å². The van der Waals surface area contributed by atoms with Crippen LogP contribution in [-0.4, -0.2) is 34.2 Å². The van der Waals surface area contributed by atoms with Crippen molar-refractivity contribution in [2.45, 2.75) is 25.3 Å². The van der Waals surface area contributed by atoms with Gasteiger partial charge in [-0.05, 0) is 31.4 Å². The second-order valence-electron chi connectivity index (χ2n) is 5.02. The molecule has 0 aliphatic heterocycles. The fourth-order valence-corrected chi connectivity index (χ4v) is 3.07. The van der Waals surface area contributed by atoms with E-state index in [1.165, 1.54) is 19.3 Å². The lowest BCUT2D eigenvalue weighted by molar-refractivity contribution is 0.472. The van der Waals surface area contributed by atoms with E-state index in [0.29, 0.717) is 12.0 Å². The molecule has 0 saturated heterocycles. The van der Waals surface area contributed by atoms with Gasteiger partial charge in [-0.25, -0.2) is 9.50 Å². The predicted octanol–water partition coefficient (Wildman–Crippen LogP) is 1.29. The minimum absolute atomic E-state index is 0.503. The average molecular weight is 245 g/mol. The molecule has 0 amide bonds.